The van der Waals surface area contributed by atoms with Gasteiger partial charge in [0.25, 0.3) is 5.91 Å². The van der Waals surface area contributed by atoms with E-state index in [2.05, 4.69) is 0 Å². The summed E-state index contributed by atoms with van der Waals surface area (Å²) >= 11 is 0. The summed E-state index contributed by atoms with van der Waals surface area (Å²) in [5, 5.41) is 0. The van der Waals surface area contributed by atoms with Gasteiger partial charge in [-0.25, -0.2) is 8.78 Å². The van der Waals surface area contributed by atoms with Gasteiger partial charge >= 0.3 is 0 Å². The van der Waals surface area contributed by atoms with Crippen LogP contribution in [-0.2, 0) is 11.2 Å². The van der Waals surface area contributed by atoms with E-state index >= 15 is 0 Å². The minimum atomic E-state index is -1.02. The number of carbonyl (C=O) groups is 1. The molecule has 0 N–H and O–H groups in total. The maximum absolute atomic E-state index is 13.5. The van der Waals surface area contributed by atoms with Crippen molar-refractivity contribution >= 4 is 5.91 Å². The standard InChI is InChI=1S/C20H21F2NO2/c1-20(2)13-25-16(10-14-6-4-3-5-7-14)12-23(20)19(24)15-8-9-17(21)18(22)11-15/h3-9,11,16H,10,12-13H2,1-2H3. The van der Waals surface area contributed by atoms with E-state index in [4.69, 9.17) is 4.74 Å². The summed E-state index contributed by atoms with van der Waals surface area (Å²) in [4.78, 5) is 14.5. The lowest BCUT2D eigenvalue weighted by molar-refractivity contribution is -0.0821. The number of halogens is 2. The molecule has 132 valence electrons. The Hall–Kier alpha value is -2.27. The van der Waals surface area contributed by atoms with Crippen molar-refractivity contribution in [3.05, 3.63) is 71.3 Å². The number of nitrogens with zero attached hydrogens (tertiary/aromatic N) is 1. The van der Waals surface area contributed by atoms with Crippen LogP contribution in [-0.4, -0.2) is 35.6 Å². The summed E-state index contributed by atoms with van der Waals surface area (Å²) in [6.45, 7) is 4.60. The molecule has 25 heavy (non-hydrogen) atoms. The van der Waals surface area contributed by atoms with Gasteiger partial charge in [-0.3, -0.25) is 4.79 Å². The van der Waals surface area contributed by atoms with Gasteiger partial charge in [-0.15, -0.1) is 0 Å². The van der Waals surface area contributed by atoms with Crippen LogP contribution in [0.1, 0.15) is 29.8 Å². The Labute approximate surface area is 146 Å². The van der Waals surface area contributed by atoms with Crippen molar-refractivity contribution in [1.82, 2.24) is 4.90 Å². The van der Waals surface area contributed by atoms with Crippen molar-refractivity contribution in [3.63, 3.8) is 0 Å². The summed E-state index contributed by atoms with van der Waals surface area (Å²) in [5.74, 6) is -2.29. The van der Waals surface area contributed by atoms with Crippen LogP contribution in [0, 0.1) is 11.6 Å². The van der Waals surface area contributed by atoms with E-state index in [1.165, 1.54) is 6.07 Å². The Balaban J connectivity index is 1.79. The molecular formula is C20H21F2NO2. The number of carbonyl (C=O) groups excluding carboxylic acids is 1. The first kappa shape index (κ1) is 17.5. The van der Waals surface area contributed by atoms with Crippen LogP contribution < -0.4 is 0 Å². The normalized spacial score (nSPS) is 19.7. The van der Waals surface area contributed by atoms with Crippen molar-refractivity contribution in [1.29, 1.82) is 0 Å². The Morgan fingerprint density at radius 1 is 1.16 bits per heavy atom. The molecule has 2 aromatic rings. The summed E-state index contributed by atoms with van der Waals surface area (Å²) < 4.78 is 32.6. The van der Waals surface area contributed by atoms with Crippen molar-refractivity contribution in [3.8, 4) is 0 Å². The second kappa shape index (κ2) is 6.92. The molecule has 0 bridgehead atoms. The highest BCUT2D eigenvalue weighted by Crippen LogP contribution is 2.26. The zero-order valence-electron chi connectivity index (χ0n) is 14.3. The van der Waals surface area contributed by atoms with Crippen molar-refractivity contribution in [2.75, 3.05) is 13.2 Å². The van der Waals surface area contributed by atoms with Gasteiger partial charge in [0, 0.05) is 18.5 Å². The van der Waals surface area contributed by atoms with Crippen LogP contribution in [0.5, 0.6) is 0 Å². The van der Waals surface area contributed by atoms with Crippen LogP contribution >= 0.6 is 0 Å². The molecule has 0 radical (unpaired) electrons. The molecule has 1 heterocycles. The van der Waals surface area contributed by atoms with Gasteiger partial charge in [0.2, 0.25) is 0 Å². The maximum atomic E-state index is 13.5. The van der Waals surface area contributed by atoms with Crippen LogP contribution in [0.25, 0.3) is 0 Å². The third kappa shape index (κ3) is 3.87. The quantitative estimate of drug-likeness (QED) is 0.846. The zero-order valence-corrected chi connectivity index (χ0v) is 14.3. The molecular weight excluding hydrogens is 324 g/mol. The predicted molar refractivity (Wildman–Crippen MR) is 91.4 cm³/mol. The van der Waals surface area contributed by atoms with E-state index < -0.39 is 17.2 Å². The second-order valence-corrected chi connectivity index (χ2v) is 6.98. The van der Waals surface area contributed by atoms with Gasteiger partial charge in [-0.2, -0.15) is 0 Å². The summed E-state index contributed by atoms with van der Waals surface area (Å²) in [7, 11) is 0. The van der Waals surface area contributed by atoms with Crippen molar-refractivity contribution < 1.29 is 18.3 Å². The fraction of sp³-hybridized carbons (Fsp3) is 0.350. The Morgan fingerprint density at radius 3 is 2.56 bits per heavy atom. The number of hydrogen-bond donors (Lipinski definition) is 0. The zero-order chi connectivity index (χ0) is 18.0. The third-order valence-corrected chi connectivity index (χ3v) is 4.51. The average molecular weight is 345 g/mol. The second-order valence-electron chi connectivity index (χ2n) is 6.98. The van der Waals surface area contributed by atoms with Gasteiger partial charge in [0.1, 0.15) is 0 Å². The van der Waals surface area contributed by atoms with Crippen LogP contribution in [0.2, 0.25) is 0 Å². The van der Waals surface area contributed by atoms with Gasteiger partial charge in [-0.05, 0) is 37.6 Å². The molecule has 0 aromatic heterocycles. The first-order chi connectivity index (χ1) is 11.9. The molecule has 3 nitrogen and oxygen atoms in total. The third-order valence-electron chi connectivity index (χ3n) is 4.51. The van der Waals surface area contributed by atoms with Gasteiger partial charge in [0.15, 0.2) is 11.6 Å². The molecule has 1 aliphatic heterocycles. The predicted octanol–water partition coefficient (Wildman–Crippen LogP) is 3.83. The number of hydrogen-bond acceptors (Lipinski definition) is 2. The molecule has 0 saturated carbocycles. The summed E-state index contributed by atoms with van der Waals surface area (Å²) in [5.41, 5.74) is 0.759. The minimum absolute atomic E-state index is 0.135. The fourth-order valence-corrected chi connectivity index (χ4v) is 3.05. The number of ether oxygens (including phenoxy) is 1. The van der Waals surface area contributed by atoms with E-state index in [0.717, 1.165) is 17.7 Å². The van der Waals surface area contributed by atoms with Crippen molar-refractivity contribution in [2.45, 2.75) is 31.9 Å². The molecule has 3 rings (SSSR count). The Morgan fingerprint density at radius 2 is 1.88 bits per heavy atom. The SMILES string of the molecule is CC1(C)COC(Cc2ccccc2)CN1C(=O)c1ccc(F)c(F)c1. The highest BCUT2D eigenvalue weighted by molar-refractivity contribution is 5.94. The number of morpholine rings is 1. The van der Waals surface area contributed by atoms with Crippen molar-refractivity contribution in [2.24, 2.45) is 0 Å². The van der Waals surface area contributed by atoms with E-state index in [1.807, 2.05) is 44.2 Å². The molecule has 0 spiro atoms. The molecule has 1 saturated heterocycles. The first-order valence-corrected chi connectivity index (χ1v) is 8.29. The number of rotatable bonds is 3. The molecule has 0 aliphatic carbocycles. The van der Waals surface area contributed by atoms with Gasteiger partial charge < -0.3 is 9.64 Å². The summed E-state index contributed by atoms with van der Waals surface area (Å²) in [6, 6.07) is 13.2. The lowest BCUT2D eigenvalue weighted by Gasteiger charge is -2.45. The summed E-state index contributed by atoms with van der Waals surface area (Å²) in [6.07, 6.45) is 0.558. The maximum Gasteiger partial charge on any atom is 0.254 e. The molecule has 1 fully saturated rings. The lowest BCUT2D eigenvalue weighted by Crippen LogP contribution is -2.58. The van der Waals surface area contributed by atoms with E-state index in [0.29, 0.717) is 19.6 Å². The highest BCUT2D eigenvalue weighted by atomic mass is 19.2. The average Bonchev–Trinajstić information content (AvgIpc) is 2.59. The molecule has 1 amide bonds. The Bertz CT molecular complexity index is 762. The van der Waals surface area contributed by atoms with E-state index in [-0.39, 0.29) is 17.6 Å². The minimum Gasteiger partial charge on any atom is -0.374 e. The molecule has 2 aromatic carbocycles. The largest absolute Gasteiger partial charge is 0.374 e. The molecule has 5 heteroatoms. The molecule has 1 aliphatic rings. The van der Waals surface area contributed by atoms with E-state index in [1.54, 1.807) is 4.90 Å². The smallest absolute Gasteiger partial charge is 0.254 e. The first-order valence-electron chi connectivity index (χ1n) is 8.29. The number of amides is 1. The fourth-order valence-electron chi connectivity index (χ4n) is 3.05. The van der Waals surface area contributed by atoms with Crippen LogP contribution in [0.4, 0.5) is 8.78 Å². The molecule has 1 atom stereocenters. The van der Waals surface area contributed by atoms with Gasteiger partial charge in [-0.1, -0.05) is 30.3 Å². The lowest BCUT2D eigenvalue weighted by atomic mass is 9.97. The van der Waals surface area contributed by atoms with Gasteiger partial charge in [0.05, 0.1) is 18.2 Å². The van der Waals surface area contributed by atoms with Crippen LogP contribution in [0.15, 0.2) is 48.5 Å². The topological polar surface area (TPSA) is 29.5 Å². The number of benzene rings is 2. The molecule has 1 unspecified atom stereocenters. The van der Waals surface area contributed by atoms with Crippen LogP contribution in [0.3, 0.4) is 0 Å². The van der Waals surface area contributed by atoms with E-state index in [9.17, 15) is 13.6 Å². The Kier molecular flexibility index (Phi) is 4.86. The monoisotopic (exact) mass is 345 g/mol. The highest BCUT2D eigenvalue weighted by Gasteiger charge is 2.38.